The van der Waals surface area contributed by atoms with Crippen molar-refractivity contribution in [3.05, 3.63) is 146 Å². The van der Waals surface area contributed by atoms with Crippen LogP contribution < -0.4 is 0 Å². The van der Waals surface area contributed by atoms with E-state index < -0.39 is 0 Å². The first-order valence-electron chi connectivity index (χ1n) is 15.1. The molecule has 0 saturated heterocycles. The molecule has 6 aromatic carbocycles. The second-order valence-corrected chi connectivity index (χ2v) is 11.4. The second-order valence-electron chi connectivity index (χ2n) is 11.4. The maximum Gasteiger partial charge on any atom is 0.237 e. The summed E-state index contributed by atoms with van der Waals surface area (Å²) in [4.78, 5) is 16.0. The van der Waals surface area contributed by atoms with Gasteiger partial charge in [0.25, 0.3) is 0 Å². The summed E-state index contributed by atoms with van der Waals surface area (Å²) in [5.74, 6) is 1.45. The Labute approximate surface area is 257 Å². The highest BCUT2D eigenvalue weighted by Crippen LogP contribution is 2.38. The summed E-state index contributed by atoms with van der Waals surface area (Å²) < 4.78 is 6.65. The molecule has 210 valence electrons. The summed E-state index contributed by atoms with van der Waals surface area (Å²) in [5.41, 5.74) is 9.00. The minimum atomic E-state index is 0.597. The van der Waals surface area contributed by atoms with Crippen LogP contribution in [0, 0.1) is 0 Å². The fourth-order valence-electron chi connectivity index (χ4n) is 6.91. The van der Waals surface area contributed by atoms with Crippen molar-refractivity contribution in [1.29, 1.82) is 0 Å². The molecular weight excluding hydrogens is 552 g/mol. The number of para-hydroxylation sites is 4. The zero-order valence-corrected chi connectivity index (χ0v) is 24.0. The zero-order valence-electron chi connectivity index (χ0n) is 24.0. The molecule has 0 atom stereocenters. The van der Waals surface area contributed by atoms with E-state index in [1.165, 1.54) is 0 Å². The highest BCUT2D eigenvalue weighted by Gasteiger charge is 2.25. The summed E-state index contributed by atoms with van der Waals surface area (Å²) in [6, 6.07) is 50.5. The molecule has 0 fully saturated rings. The van der Waals surface area contributed by atoms with Crippen molar-refractivity contribution in [1.82, 2.24) is 28.5 Å². The van der Waals surface area contributed by atoms with Gasteiger partial charge in [0.05, 0.1) is 27.8 Å². The number of fused-ring (bicyclic) bond motifs is 10. The molecule has 0 aliphatic carbocycles. The topological polar surface area (TPSA) is 52.9 Å². The fraction of sp³-hybridized carbons (Fsp3) is 0. The predicted molar refractivity (Wildman–Crippen MR) is 182 cm³/mol. The summed E-state index contributed by atoms with van der Waals surface area (Å²) in [7, 11) is 0. The third kappa shape index (κ3) is 3.36. The third-order valence-electron chi connectivity index (χ3n) is 8.86. The molecule has 0 saturated carbocycles. The maximum absolute atomic E-state index is 5.40. The van der Waals surface area contributed by atoms with Crippen LogP contribution in [-0.4, -0.2) is 28.5 Å². The number of imidazole rings is 2. The van der Waals surface area contributed by atoms with E-state index in [0.29, 0.717) is 5.95 Å². The molecule has 0 aliphatic heterocycles. The first kappa shape index (κ1) is 24.2. The molecule has 0 amide bonds. The Morgan fingerprint density at radius 3 is 1.93 bits per heavy atom. The van der Waals surface area contributed by atoms with Crippen LogP contribution in [-0.2, 0) is 0 Å². The van der Waals surface area contributed by atoms with Gasteiger partial charge in [0.15, 0.2) is 5.65 Å². The third-order valence-corrected chi connectivity index (χ3v) is 8.86. The lowest BCUT2D eigenvalue weighted by Gasteiger charge is -2.12. The Morgan fingerprint density at radius 1 is 0.444 bits per heavy atom. The van der Waals surface area contributed by atoms with Gasteiger partial charge in [0.2, 0.25) is 11.7 Å². The smallest absolute Gasteiger partial charge is 0.237 e. The molecule has 45 heavy (non-hydrogen) atoms. The Balaban J connectivity index is 1.38. The molecule has 0 spiro atoms. The van der Waals surface area contributed by atoms with Gasteiger partial charge in [-0.3, -0.25) is 13.5 Å². The van der Waals surface area contributed by atoms with E-state index in [1.807, 2.05) is 12.1 Å². The van der Waals surface area contributed by atoms with Crippen LogP contribution in [0.1, 0.15) is 0 Å². The van der Waals surface area contributed by atoms with Gasteiger partial charge >= 0.3 is 0 Å². The van der Waals surface area contributed by atoms with Gasteiger partial charge in [-0.15, -0.1) is 0 Å². The van der Waals surface area contributed by atoms with Crippen molar-refractivity contribution in [2.45, 2.75) is 0 Å². The van der Waals surface area contributed by atoms with Crippen LogP contribution in [0.3, 0.4) is 0 Å². The van der Waals surface area contributed by atoms with Crippen molar-refractivity contribution < 1.29 is 0 Å². The Kier molecular flexibility index (Phi) is 4.90. The SMILES string of the molecule is c1ccc(-c2nc(-n3c4ccccc4c4c3nc3n(-c5ccccc5)c5ccccc5n43)nc3c2ccc2ccccc23)cc1. The molecular formula is C39H24N6. The van der Waals surface area contributed by atoms with Crippen molar-refractivity contribution in [2.75, 3.05) is 0 Å². The lowest BCUT2D eigenvalue weighted by atomic mass is 10.0. The van der Waals surface area contributed by atoms with Crippen molar-refractivity contribution >= 4 is 60.6 Å². The molecule has 0 unspecified atom stereocenters. The molecule has 0 aliphatic rings. The zero-order chi connectivity index (χ0) is 29.5. The number of hydrogen-bond donors (Lipinski definition) is 0. The van der Waals surface area contributed by atoms with E-state index in [9.17, 15) is 0 Å². The van der Waals surface area contributed by atoms with E-state index in [2.05, 4.69) is 147 Å². The van der Waals surface area contributed by atoms with Gasteiger partial charge in [0, 0.05) is 27.4 Å². The molecule has 4 aromatic heterocycles. The average molecular weight is 577 g/mol. The fourth-order valence-corrected chi connectivity index (χ4v) is 6.91. The van der Waals surface area contributed by atoms with Crippen LogP contribution in [0.15, 0.2) is 146 Å². The first-order valence-corrected chi connectivity index (χ1v) is 15.1. The lowest BCUT2D eigenvalue weighted by Crippen LogP contribution is -2.04. The van der Waals surface area contributed by atoms with Crippen LogP contribution in [0.4, 0.5) is 0 Å². The minimum absolute atomic E-state index is 0.597. The van der Waals surface area contributed by atoms with Crippen molar-refractivity contribution in [3.63, 3.8) is 0 Å². The van der Waals surface area contributed by atoms with Crippen LogP contribution in [0.2, 0.25) is 0 Å². The molecule has 6 heteroatoms. The van der Waals surface area contributed by atoms with Gasteiger partial charge < -0.3 is 0 Å². The van der Waals surface area contributed by atoms with E-state index >= 15 is 0 Å². The van der Waals surface area contributed by atoms with Crippen LogP contribution in [0.25, 0.3) is 83.4 Å². The number of benzene rings is 6. The van der Waals surface area contributed by atoms with Gasteiger partial charge in [-0.25, -0.2) is 9.97 Å². The normalized spacial score (nSPS) is 12.0. The summed E-state index contributed by atoms with van der Waals surface area (Å²) in [6.07, 6.45) is 0. The van der Waals surface area contributed by atoms with Crippen molar-refractivity contribution in [2.24, 2.45) is 0 Å². The van der Waals surface area contributed by atoms with E-state index in [1.54, 1.807) is 0 Å². The molecule has 0 radical (unpaired) electrons. The Hall–Kier alpha value is -6.27. The standard InChI is InChI=1S/C39H24N6/c1-3-14-26(15-4-1)34-30-24-23-25-13-7-8-18-28(25)35(30)41-38(40-34)45-31-20-10-9-19-29(31)36-37(45)42-39-43(27-16-5-2-6-17-27)32-21-11-12-22-33(32)44(36)39/h1-24H. The summed E-state index contributed by atoms with van der Waals surface area (Å²) in [6.45, 7) is 0. The van der Waals surface area contributed by atoms with E-state index in [-0.39, 0.29) is 0 Å². The second kappa shape index (κ2) is 9.11. The first-order chi connectivity index (χ1) is 22.3. The monoisotopic (exact) mass is 576 g/mol. The van der Waals surface area contributed by atoms with E-state index in [0.717, 1.165) is 77.5 Å². The van der Waals surface area contributed by atoms with Gasteiger partial charge in [-0.1, -0.05) is 109 Å². The molecule has 0 bridgehead atoms. The van der Waals surface area contributed by atoms with E-state index in [4.69, 9.17) is 15.0 Å². The molecule has 6 nitrogen and oxygen atoms in total. The quantitative estimate of drug-likeness (QED) is 0.197. The van der Waals surface area contributed by atoms with Crippen molar-refractivity contribution in [3.8, 4) is 22.9 Å². The average Bonchev–Trinajstić information content (AvgIpc) is 3.74. The number of aromatic nitrogens is 6. The number of nitrogens with zero attached hydrogens (tertiary/aromatic N) is 6. The predicted octanol–water partition coefficient (Wildman–Crippen LogP) is 9.14. The number of rotatable bonds is 3. The number of hydrogen-bond acceptors (Lipinski definition) is 3. The summed E-state index contributed by atoms with van der Waals surface area (Å²) in [5, 5.41) is 4.36. The maximum atomic E-state index is 5.40. The molecule has 10 aromatic rings. The van der Waals surface area contributed by atoms with Crippen LogP contribution in [0.5, 0.6) is 0 Å². The van der Waals surface area contributed by atoms with Crippen LogP contribution >= 0.6 is 0 Å². The lowest BCUT2D eigenvalue weighted by molar-refractivity contribution is 1.000. The summed E-state index contributed by atoms with van der Waals surface area (Å²) >= 11 is 0. The molecule has 4 heterocycles. The Bertz CT molecular complexity index is 2750. The minimum Gasteiger partial charge on any atom is -0.278 e. The highest BCUT2D eigenvalue weighted by atomic mass is 15.3. The molecule has 10 rings (SSSR count). The highest BCUT2D eigenvalue weighted by molar-refractivity contribution is 6.11. The Morgan fingerprint density at radius 2 is 1.11 bits per heavy atom. The molecule has 0 N–H and O–H groups in total. The van der Waals surface area contributed by atoms with Gasteiger partial charge in [0.1, 0.15) is 5.52 Å². The van der Waals surface area contributed by atoms with Gasteiger partial charge in [-0.2, -0.15) is 4.98 Å². The largest absolute Gasteiger partial charge is 0.278 e. The van der Waals surface area contributed by atoms with Gasteiger partial charge in [-0.05, 0) is 41.8 Å².